The molecule has 1 fully saturated rings. The smallest absolute Gasteiger partial charge is 0.270 e. The fourth-order valence-electron chi connectivity index (χ4n) is 4.11. The average Bonchev–Trinajstić information content (AvgIpc) is 2.79. The summed E-state index contributed by atoms with van der Waals surface area (Å²) in [5.74, 6) is -0.210. The van der Waals surface area contributed by atoms with Crippen molar-refractivity contribution in [3.05, 3.63) is 95.8 Å². The maximum atomic E-state index is 13.6. The number of likely N-dealkylation sites (tertiary alicyclic amines) is 1. The average molecular weight is 404 g/mol. The van der Waals surface area contributed by atoms with Crippen LogP contribution in [0.1, 0.15) is 40.6 Å². The molecule has 1 aromatic carbocycles. The van der Waals surface area contributed by atoms with Gasteiger partial charge in [-0.25, -0.2) is 4.39 Å². The topological polar surface area (TPSA) is 58.1 Å². The summed E-state index contributed by atoms with van der Waals surface area (Å²) >= 11 is 0. The molecule has 0 bridgehead atoms. The lowest BCUT2D eigenvalue weighted by atomic mass is 9.88. The van der Waals surface area contributed by atoms with Crippen LogP contribution in [-0.2, 0) is 6.54 Å². The van der Waals surface area contributed by atoms with E-state index in [1.807, 2.05) is 24.3 Å². The van der Waals surface area contributed by atoms with E-state index in [2.05, 4.69) is 20.2 Å². The summed E-state index contributed by atoms with van der Waals surface area (Å²) in [5, 5.41) is 3.16. The van der Waals surface area contributed by atoms with Crippen molar-refractivity contribution < 1.29 is 9.18 Å². The highest BCUT2D eigenvalue weighted by molar-refractivity contribution is 5.92. The molecule has 1 aliphatic heterocycles. The number of rotatable bonds is 6. The number of halogens is 1. The van der Waals surface area contributed by atoms with Gasteiger partial charge >= 0.3 is 0 Å². The number of nitrogens with zero attached hydrogens (tertiary/aromatic N) is 3. The highest BCUT2D eigenvalue weighted by atomic mass is 19.1. The van der Waals surface area contributed by atoms with Crippen molar-refractivity contribution in [1.29, 1.82) is 0 Å². The first kappa shape index (κ1) is 20.2. The maximum Gasteiger partial charge on any atom is 0.270 e. The number of nitrogens with one attached hydrogen (secondary N) is 1. The van der Waals surface area contributed by atoms with Crippen molar-refractivity contribution in [2.45, 2.75) is 25.4 Å². The lowest BCUT2D eigenvalue weighted by Crippen LogP contribution is -2.43. The monoisotopic (exact) mass is 404 g/mol. The number of amides is 1. The molecule has 2 aromatic heterocycles. The Labute approximate surface area is 176 Å². The van der Waals surface area contributed by atoms with Crippen molar-refractivity contribution >= 4 is 5.91 Å². The quantitative estimate of drug-likeness (QED) is 0.675. The van der Waals surface area contributed by atoms with Gasteiger partial charge < -0.3 is 5.32 Å². The molecule has 6 heteroatoms. The summed E-state index contributed by atoms with van der Waals surface area (Å²) < 4.78 is 13.6. The number of carbonyl (C=O) groups is 1. The molecule has 1 aliphatic rings. The fraction of sp³-hybridized carbons (Fsp3) is 0.292. The SMILES string of the molecule is O=C(N[C@H](c1ccccn1)[C@H]1CCCN(Cc2cccc(F)c2)C1)c1ccccn1. The second-order valence-electron chi connectivity index (χ2n) is 7.69. The van der Waals surface area contributed by atoms with Gasteiger partial charge in [0.05, 0.1) is 11.7 Å². The van der Waals surface area contributed by atoms with E-state index in [0.29, 0.717) is 12.2 Å². The van der Waals surface area contributed by atoms with E-state index in [-0.39, 0.29) is 23.7 Å². The summed E-state index contributed by atoms with van der Waals surface area (Å²) in [7, 11) is 0. The van der Waals surface area contributed by atoms with Crippen LogP contribution >= 0.6 is 0 Å². The molecule has 0 aliphatic carbocycles. The van der Waals surface area contributed by atoms with E-state index in [1.165, 1.54) is 6.07 Å². The molecular weight excluding hydrogens is 379 g/mol. The van der Waals surface area contributed by atoms with Crippen LogP contribution < -0.4 is 5.32 Å². The zero-order valence-electron chi connectivity index (χ0n) is 16.7. The van der Waals surface area contributed by atoms with Crippen molar-refractivity contribution in [3.8, 4) is 0 Å². The number of aromatic nitrogens is 2. The third kappa shape index (κ3) is 5.07. The summed E-state index contributed by atoms with van der Waals surface area (Å²) in [6, 6.07) is 17.6. The minimum atomic E-state index is -0.213. The number of hydrogen-bond donors (Lipinski definition) is 1. The Morgan fingerprint density at radius 3 is 2.67 bits per heavy atom. The normalized spacial score (nSPS) is 18.0. The molecule has 0 spiro atoms. The van der Waals surface area contributed by atoms with Crippen molar-refractivity contribution in [3.63, 3.8) is 0 Å². The molecule has 154 valence electrons. The standard InChI is InChI=1S/C24H25FN4O/c25-20-9-5-7-18(15-20)16-29-14-6-8-19(17-29)23(21-10-1-3-12-26-21)28-24(30)22-11-2-4-13-27-22/h1-5,7,9-13,15,19,23H,6,8,14,16-17H2,(H,28,30)/t19-,23-/m0/s1. The van der Waals surface area contributed by atoms with E-state index >= 15 is 0 Å². The van der Waals surface area contributed by atoms with E-state index in [4.69, 9.17) is 0 Å². The molecule has 1 saturated heterocycles. The second kappa shape index (κ2) is 9.59. The van der Waals surface area contributed by atoms with Gasteiger partial charge in [0.15, 0.2) is 0 Å². The van der Waals surface area contributed by atoms with Gasteiger partial charge in [-0.1, -0.05) is 24.3 Å². The van der Waals surface area contributed by atoms with Crippen LogP contribution in [0.5, 0.6) is 0 Å². The van der Waals surface area contributed by atoms with Gasteiger partial charge in [-0.3, -0.25) is 19.7 Å². The molecule has 1 N–H and O–H groups in total. The van der Waals surface area contributed by atoms with Crippen LogP contribution in [0.3, 0.4) is 0 Å². The van der Waals surface area contributed by atoms with E-state index < -0.39 is 0 Å². The van der Waals surface area contributed by atoms with Crippen molar-refractivity contribution in [1.82, 2.24) is 20.2 Å². The number of pyridine rings is 2. The highest BCUT2D eigenvalue weighted by Crippen LogP contribution is 2.30. The van der Waals surface area contributed by atoms with E-state index in [1.54, 1.807) is 42.7 Å². The van der Waals surface area contributed by atoms with Gasteiger partial charge in [-0.05, 0) is 67.3 Å². The van der Waals surface area contributed by atoms with Gasteiger partial charge in [0, 0.05) is 25.5 Å². The second-order valence-corrected chi connectivity index (χ2v) is 7.69. The first-order valence-corrected chi connectivity index (χ1v) is 10.3. The van der Waals surface area contributed by atoms with Crippen molar-refractivity contribution in [2.75, 3.05) is 13.1 Å². The minimum Gasteiger partial charge on any atom is -0.342 e. The Hall–Kier alpha value is -3.12. The Balaban J connectivity index is 1.52. The summed E-state index contributed by atoms with van der Waals surface area (Å²) in [5.41, 5.74) is 2.20. The van der Waals surface area contributed by atoms with E-state index in [9.17, 15) is 9.18 Å². The molecule has 5 nitrogen and oxygen atoms in total. The third-order valence-corrected chi connectivity index (χ3v) is 5.50. The van der Waals surface area contributed by atoms with Gasteiger partial charge in [0.1, 0.15) is 11.5 Å². The summed E-state index contributed by atoms with van der Waals surface area (Å²) in [6.07, 6.45) is 5.38. The van der Waals surface area contributed by atoms with Crippen LogP contribution in [0, 0.1) is 11.7 Å². The molecule has 4 rings (SSSR count). The zero-order chi connectivity index (χ0) is 20.8. The molecule has 0 radical (unpaired) electrons. The lowest BCUT2D eigenvalue weighted by Gasteiger charge is -2.37. The van der Waals surface area contributed by atoms with E-state index in [0.717, 1.165) is 37.2 Å². The van der Waals surface area contributed by atoms with Gasteiger partial charge in [-0.2, -0.15) is 0 Å². The lowest BCUT2D eigenvalue weighted by molar-refractivity contribution is 0.0870. The van der Waals surface area contributed by atoms with Crippen LogP contribution in [0.4, 0.5) is 4.39 Å². The predicted molar refractivity (Wildman–Crippen MR) is 113 cm³/mol. The van der Waals surface area contributed by atoms with Crippen molar-refractivity contribution in [2.24, 2.45) is 5.92 Å². The predicted octanol–water partition coefficient (Wildman–Crippen LogP) is 4.00. The first-order valence-electron chi connectivity index (χ1n) is 10.3. The number of piperidine rings is 1. The Bertz CT molecular complexity index is 967. The molecule has 0 saturated carbocycles. The Kier molecular flexibility index (Phi) is 6.44. The number of benzene rings is 1. The largest absolute Gasteiger partial charge is 0.342 e. The Morgan fingerprint density at radius 1 is 1.10 bits per heavy atom. The first-order chi connectivity index (χ1) is 14.7. The minimum absolute atomic E-state index is 0.200. The summed E-state index contributed by atoms with van der Waals surface area (Å²) in [4.78, 5) is 23.8. The molecule has 3 aromatic rings. The molecule has 1 amide bonds. The third-order valence-electron chi connectivity index (χ3n) is 5.50. The highest BCUT2D eigenvalue weighted by Gasteiger charge is 2.31. The van der Waals surface area contributed by atoms with Crippen LogP contribution in [0.2, 0.25) is 0 Å². The number of carbonyl (C=O) groups excluding carboxylic acids is 1. The molecule has 2 atom stereocenters. The molecule has 30 heavy (non-hydrogen) atoms. The van der Waals surface area contributed by atoms with Crippen LogP contribution in [0.15, 0.2) is 73.1 Å². The van der Waals surface area contributed by atoms with Crippen LogP contribution in [0.25, 0.3) is 0 Å². The Morgan fingerprint density at radius 2 is 1.93 bits per heavy atom. The maximum absolute atomic E-state index is 13.6. The number of hydrogen-bond acceptors (Lipinski definition) is 4. The van der Waals surface area contributed by atoms with Gasteiger partial charge in [0.2, 0.25) is 0 Å². The summed E-state index contributed by atoms with van der Waals surface area (Å²) in [6.45, 7) is 2.45. The molecule has 0 unspecified atom stereocenters. The molecular formula is C24H25FN4O. The van der Waals surface area contributed by atoms with Gasteiger partial charge in [-0.15, -0.1) is 0 Å². The van der Waals surface area contributed by atoms with Gasteiger partial charge in [0.25, 0.3) is 5.91 Å². The van der Waals surface area contributed by atoms with Crippen LogP contribution in [-0.4, -0.2) is 33.9 Å². The fourth-order valence-corrected chi connectivity index (χ4v) is 4.11. The molecule has 3 heterocycles. The zero-order valence-corrected chi connectivity index (χ0v) is 16.7.